The lowest BCUT2D eigenvalue weighted by atomic mass is 9.95. The lowest BCUT2D eigenvalue weighted by Crippen LogP contribution is -2.26. The number of thiazole rings is 1. The van der Waals surface area contributed by atoms with Crippen LogP contribution in [0.25, 0.3) is 10.2 Å². The average Bonchev–Trinajstić information content (AvgIpc) is 2.81. The Balaban J connectivity index is 1.68. The Bertz CT molecular complexity index is 556. The fourth-order valence-electron chi connectivity index (χ4n) is 2.72. The zero-order valence-corrected chi connectivity index (χ0v) is 13.1. The van der Waals surface area contributed by atoms with Crippen LogP contribution in [0.3, 0.4) is 0 Å². The van der Waals surface area contributed by atoms with E-state index >= 15 is 0 Å². The minimum absolute atomic E-state index is 0.616. The Morgan fingerprint density at radius 3 is 2.79 bits per heavy atom. The number of hydrogen-bond acceptors (Lipinski definition) is 4. The molecule has 19 heavy (non-hydrogen) atoms. The number of aryl methyl sites for hydroxylation is 1. The summed E-state index contributed by atoms with van der Waals surface area (Å²) in [6, 6.07) is 7.12. The number of aromatic nitrogens is 1. The molecule has 0 aliphatic heterocycles. The van der Waals surface area contributed by atoms with Crippen molar-refractivity contribution in [3.8, 4) is 0 Å². The highest BCUT2D eigenvalue weighted by Crippen LogP contribution is 2.31. The van der Waals surface area contributed by atoms with Gasteiger partial charge in [0.2, 0.25) is 0 Å². The first kappa shape index (κ1) is 13.3. The Hall–Kier alpha value is -0.740. The van der Waals surface area contributed by atoms with Crippen LogP contribution >= 0.6 is 23.1 Å². The number of benzene rings is 1. The van der Waals surface area contributed by atoms with Gasteiger partial charge in [-0.25, -0.2) is 4.98 Å². The highest BCUT2D eigenvalue weighted by atomic mass is 32.2. The van der Waals surface area contributed by atoms with Gasteiger partial charge in [-0.3, -0.25) is 0 Å². The number of rotatable bonds is 3. The molecule has 0 radical (unpaired) electrons. The topological polar surface area (TPSA) is 24.9 Å². The minimum Gasteiger partial charge on any atom is -0.359 e. The highest BCUT2D eigenvalue weighted by molar-refractivity contribution is 7.99. The van der Waals surface area contributed by atoms with E-state index in [-0.39, 0.29) is 0 Å². The van der Waals surface area contributed by atoms with Crippen LogP contribution in [0.4, 0.5) is 5.13 Å². The van der Waals surface area contributed by atoms with Gasteiger partial charge in [0, 0.05) is 11.3 Å². The molecule has 0 bridgehead atoms. The molecule has 1 saturated carbocycles. The van der Waals surface area contributed by atoms with Crippen LogP contribution in [0.1, 0.15) is 31.2 Å². The smallest absolute Gasteiger partial charge is 0.184 e. The van der Waals surface area contributed by atoms with Crippen LogP contribution in [-0.4, -0.2) is 22.5 Å². The summed E-state index contributed by atoms with van der Waals surface area (Å²) in [7, 11) is 0. The van der Waals surface area contributed by atoms with E-state index in [1.54, 1.807) is 11.3 Å². The second kappa shape index (κ2) is 5.71. The number of anilines is 1. The molecule has 1 fully saturated rings. The van der Waals surface area contributed by atoms with Gasteiger partial charge in [-0.2, -0.15) is 11.8 Å². The van der Waals surface area contributed by atoms with E-state index < -0.39 is 0 Å². The first-order chi connectivity index (χ1) is 9.24. The predicted octanol–water partition coefficient (Wildman–Crippen LogP) is 4.69. The zero-order valence-electron chi connectivity index (χ0n) is 11.5. The van der Waals surface area contributed by atoms with Gasteiger partial charge in [0.25, 0.3) is 0 Å². The molecule has 1 aromatic carbocycles. The van der Waals surface area contributed by atoms with E-state index in [1.165, 1.54) is 35.9 Å². The van der Waals surface area contributed by atoms with Crippen LogP contribution in [-0.2, 0) is 0 Å². The number of hydrogen-bond donors (Lipinski definition) is 1. The average molecular weight is 292 g/mol. The number of fused-ring (bicyclic) bond motifs is 1. The maximum absolute atomic E-state index is 4.71. The molecule has 3 rings (SSSR count). The Kier molecular flexibility index (Phi) is 3.99. The fraction of sp³-hybridized carbons (Fsp3) is 0.533. The van der Waals surface area contributed by atoms with Crippen LogP contribution in [0, 0.1) is 6.92 Å². The lowest BCUT2D eigenvalue weighted by molar-refractivity contribution is 0.473. The number of nitrogens with one attached hydrogen (secondary N) is 1. The second-order valence-electron chi connectivity index (χ2n) is 5.34. The van der Waals surface area contributed by atoms with Crippen LogP contribution in [0.2, 0.25) is 0 Å². The van der Waals surface area contributed by atoms with Crippen LogP contribution < -0.4 is 5.32 Å². The van der Waals surface area contributed by atoms with Gasteiger partial charge < -0.3 is 5.32 Å². The summed E-state index contributed by atoms with van der Waals surface area (Å²) in [4.78, 5) is 4.71. The lowest BCUT2D eigenvalue weighted by Gasteiger charge is -2.27. The van der Waals surface area contributed by atoms with E-state index in [0.717, 1.165) is 15.9 Å². The predicted molar refractivity (Wildman–Crippen MR) is 87.5 cm³/mol. The standard InChI is InChI=1S/C15H20N2S2/c1-10-3-8-14-13(9-10)17-15(19-14)16-11-4-6-12(18-2)7-5-11/h3,8-9,11-12H,4-7H2,1-2H3,(H,16,17). The minimum atomic E-state index is 0.616. The molecule has 1 aromatic heterocycles. The van der Waals surface area contributed by atoms with Gasteiger partial charge >= 0.3 is 0 Å². The summed E-state index contributed by atoms with van der Waals surface area (Å²) < 4.78 is 1.28. The van der Waals surface area contributed by atoms with Gasteiger partial charge in [0.05, 0.1) is 10.2 Å². The van der Waals surface area contributed by atoms with Crippen molar-refractivity contribution in [3.05, 3.63) is 23.8 Å². The van der Waals surface area contributed by atoms with Gasteiger partial charge in [-0.1, -0.05) is 17.4 Å². The SMILES string of the molecule is CSC1CCC(Nc2nc3cc(C)ccc3s2)CC1. The largest absolute Gasteiger partial charge is 0.359 e. The molecule has 1 aliphatic carbocycles. The van der Waals surface area contributed by atoms with Crippen molar-refractivity contribution in [2.75, 3.05) is 11.6 Å². The molecule has 1 aliphatic rings. The zero-order chi connectivity index (χ0) is 13.2. The monoisotopic (exact) mass is 292 g/mol. The molecular weight excluding hydrogens is 272 g/mol. The third-order valence-corrected chi connectivity index (χ3v) is 5.98. The summed E-state index contributed by atoms with van der Waals surface area (Å²) in [6.07, 6.45) is 7.46. The molecule has 0 unspecified atom stereocenters. The highest BCUT2D eigenvalue weighted by Gasteiger charge is 2.21. The van der Waals surface area contributed by atoms with E-state index in [1.807, 2.05) is 11.8 Å². The first-order valence-corrected chi connectivity index (χ1v) is 9.01. The summed E-state index contributed by atoms with van der Waals surface area (Å²) in [6.45, 7) is 2.12. The third-order valence-electron chi connectivity index (χ3n) is 3.88. The second-order valence-corrected chi connectivity index (χ2v) is 7.51. The van der Waals surface area contributed by atoms with Crippen molar-refractivity contribution in [3.63, 3.8) is 0 Å². The molecule has 0 atom stereocenters. The summed E-state index contributed by atoms with van der Waals surface area (Å²) >= 11 is 3.80. The van der Waals surface area contributed by atoms with Gasteiger partial charge in [-0.15, -0.1) is 0 Å². The Labute approximate surface area is 123 Å². The summed E-state index contributed by atoms with van der Waals surface area (Å²) in [5.41, 5.74) is 2.41. The van der Waals surface area contributed by atoms with Crippen molar-refractivity contribution in [2.45, 2.75) is 43.9 Å². The van der Waals surface area contributed by atoms with E-state index in [4.69, 9.17) is 4.98 Å². The van der Waals surface area contributed by atoms with Crippen molar-refractivity contribution >= 4 is 38.4 Å². The van der Waals surface area contributed by atoms with Crippen LogP contribution in [0.15, 0.2) is 18.2 Å². The summed E-state index contributed by atoms with van der Waals surface area (Å²) in [5, 5.41) is 5.59. The van der Waals surface area contributed by atoms with Crippen molar-refractivity contribution in [1.82, 2.24) is 4.98 Å². The van der Waals surface area contributed by atoms with Gasteiger partial charge in [0.15, 0.2) is 5.13 Å². The molecule has 0 spiro atoms. The molecule has 0 saturated heterocycles. The number of thioether (sulfide) groups is 1. The quantitative estimate of drug-likeness (QED) is 0.888. The molecule has 1 N–H and O–H groups in total. The first-order valence-electron chi connectivity index (χ1n) is 6.91. The van der Waals surface area contributed by atoms with E-state index in [0.29, 0.717) is 6.04 Å². The summed E-state index contributed by atoms with van der Waals surface area (Å²) in [5.74, 6) is 0. The maximum atomic E-state index is 4.71. The maximum Gasteiger partial charge on any atom is 0.184 e. The third kappa shape index (κ3) is 3.06. The molecular formula is C15H20N2S2. The molecule has 0 amide bonds. The Morgan fingerprint density at radius 2 is 2.05 bits per heavy atom. The fourth-order valence-corrected chi connectivity index (χ4v) is 4.38. The van der Waals surface area contributed by atoms with Crippen molar-refractivity contribution in [1.29, 1.82) is 0 Å². The molecule has 1 heterocycles. The Morgan fingerprint density at radius 1 is 1.26 bits per heavy atom. The number of nitrogens with zero attached hydrogens (tertiary/aromatic N) is 1. The molecule has 2 nitrogen and oxygen atoms in total. The van der Waals surface area contributed by atoms with Crippen LogP contribution in [0.5, 0.6) is 0 Å². The van der Waals surface area contributed by atoms with Crippen molar-refractivity contribution < 1.29 is 0 Å². The molecule has 4 heteroatoms. The molecule has 2 aromatic rings. The van der Waals surface area contributed by atoms with Crippen molar-refractivity contribution in [2.24, 2.45) is 0 Å². The van der Waals surface area contributed by atoms with E-state index in [2.05, 4.69) is 36.7 Å². The molecule has 102 valence electrons. The van der Waals surface area contributed by atoms with Gasteiger partial charge in [0.1, 0.15) is 0 Å². The van der Waals surface area contributed by atoms with E-state index in [9.17, 15) is 0 Å². The normalized spacial score (nSPS) is 23.7. The van der Waals surface area contributed by atoms with Gasteiger partial charge in [-0.05, 0) is 56.6 Å².